The summed E-state index contributed by atoms with van der Waals surface area (Å²) >= 11 is 6.35. The van der Waals surface area contributed by atoms with E-state index in [1.807, 2.05) is 6.07 Å². The molecule has 1 saturated heterocycles. The highest BCUT2D eigenvalue weighted by atomic mass is 35.5. The summed E-state index contributed by atoms with van der Waals surface area (Å²) in [5, 5.41) is 40.3. The number of rotatable bonds is 4. The number of aliphatic hydroxyl groups is 4. The van der Waals surface area contributed by atoms with Gasteiger partial charge < -0.3 is 29.9 Å². The van der Waals surface area contributed by atoms with Gasteiger partial charge in [-0.15, -0.1) is 0 Å². The summed E-state index contributed by atoms with van der Waals surface area (Å²) in [4.78, 5) is 0. The summed E-state index contributed by atoms with van der Waals surface area (Å²) in [7, 11) is 1.74. The van der Waals surface area contributed by atoms with Crippen molar-refractivity contribution in [3.05, 3.63) is 39.9 Å². The highest BCUT2D eigenvalue weighted by Crippen LogP contribution is 2.35. The van der Waals surface area contributed by atoms with E-state index in [9.17, 15) is 20.4 Å². The topological polar surface area (TPSA) is 99.4 Å². The van der Waals surface area contributed by atoms with E-state index in [2.05, 4.69) is 6.08 Å². The molecular weight excluding hydrogens is 372 g/mol. The molecule has 1 aliphatic carbocycles. The van der Waals surface area contributed by atoms with Gasteiger partial charge in [0.1, 0.15) is 30.5 Å². The maximum Gasteiger partial charge on any atom is 0.113 e. The van der Waals surface area contributed by atoms with Crippen LogP contribution in [0.1, 0.15) is 42.9 Å². The SMILES string of the molecule is COC1CCC(=Cc2cc([C@@H]3O[C@H](CO)[C@@H](O)[C@H](O)[C@H]3O)ccc2Cl)CC1. The van der Waals surface area contributed by atoms with Crippen molar-refractivity contribution in [3.8, 4) is 0 Å². The van der Waals surface area contributed by atoms with Crippen LogP contribution in [0.25, 0.3) is 6.08 Å². The second kappa shape index (κ2) is 9.01. The molecule has 27 heavy (non-hydrogen) atoms. The van der Waals surface area contributed by atoms with Gasteiger partial charge in [0.05, 0.1) is 12.7 Å². The fraction of sp³-hybridized carbons (Fsp3) is 0.600. The van der Waals surface area contributed by atoms with E-state index in [1.54, 1.807) is 19.2 Å². The van der Waals surface area contributed by atoms with Crippen molar-refractivity contribution in [2.75, 3.05) is 13.7 Å². The van der Waals surface area contributed by atoms with Gasteiger partial charge in [0.15, 0.2) is 0 Å². The molecule has 150 valence electrons. The van der Waals surface area contributed by atoms with Crippen LogP contribution in [-0.4, -0.2) is 64.7 Å². The lowest BCUT2D eigenvalue weighted by Gasteiger charge is -2.40. The Morgan fingerprint density at radius 2 is 1.85 bits per heavy atom. The monoisotopic (exact) mass is 398 g/mol. The normalized spacial score (nSPS) is 34.5. The second-order valence-corrected chi connectivity index (χ2v) is 7.68. The number of hydrogen-bond acceptors (Lipinski definition) is 6. The molecule has 0 bridgehead atoms. The molecule has 5 atom stereocenters. The highest BCUT2D eigenvalue weighted by Gasteiger charge is 2.44. The fourth-order valence-electron chi connectivity index (χ4n) is 3.79. The zero-order valence-electron chi connectivity index (χ0n) is 15.3. The Balaban J connectivity index is 1.83. The quantitative estimate of drug-likeness (QED) is 0.617. The Kier molecular flexibility index (Phi) is 6.92. The maximum atomic E-state index is 10.3. The standard InChI is InChI=1S/C20H27ClO6/c1-26-14-5-2-11(3-6-14)8-13-9-12(4-7-15(13)21)20-19(25)18(24)17(23)16(10-22)27-20/h4,7-9,14,16-20,22-25H,2-3,5-6,10H2,1H3/t14?,16-,17-,18+,19-,20+/m1/s1. The molecule has 3 rings (SSSR count). The van der Waals surface area contributed by atoms with Crippen molar-refractivity contribution in [1.82, 2.24) is 0 Å². The van der Waals surface area contributed by atoms with Gasteiger partial charge in [-0.3, -0.25) is 0 Å². The van der Waals surface area contributed by atoms with Crippen LogP contribution in [0, 0.1) is 0 Å². The van der Waals surface area contributed by atoms with Gasteiger partial charge >= 0.3 is 0 Å². The van der Waals surface area contributed by atoms with Crippen molar-refractivity contribution in [3.63, 3.8) is 0 Å². The predicted octanol–water partition coefficient (Wildman–Crippen LogP) is 1.83. The minimum absolute atomic E-state index is 0.304. The van der Waals surface area contributed by atoms with Crippen LogP contribution in [0.5, 0.6) is 0 Å². The largest absolute Gasteiger partial charge is 0.394 e. The summed E-state index contributed by atoms with van der Waals surface area (Å²) < 4.78 is 11.0. The fourth-order valence-corrected chi connectivity index (χ4v) is 3.96. The Morgan fingerprint density at radius 1 is 1.15 bits per heavy atom. The van der Waals surface area contributed by atoms with Gasteiger partial charge in [-0.25, -0.2) is 0 Å². The van der Waals surface area contributed by atoms with Gasteiger partial charge in [-0.1, -0.05) is 29.3 Å². The van der Waals surface area contributed by atoms with Crippen LogP contribution in [-0.2, 0) is 9.47 Å². The van der Waals surface area contributed by atoms with Gasteiger partial charge in [0.25, 0.3) is 0 Å². The van der Waals surface area contributed by atoms with E-state index < -0.39 is 37.1 Å². The number of methoxy groups -OCH3 is 1. The molecule has 2 fully saturated rings. The number of benzene rings is 1. The second-order valence-electron chi connectivity index (χ2n) is 7.27. The van der Waals surface area contributed by atoms with Crippen molar-refractivity contribution in [1.29, 1.82) is 0 Å². The summed E-state index contributed by atoms with van der Waals surface area (Å²) in [6, 6.07) is 5.27. The van der Waals surface area contributed by atoms with E-state index in [0.29, 0.717) is 16.7 Å². The first-order valence-electron chi connectivity index (χ1n) is 9.26. The number of hydrogen-bond donors (Lipinski definition) is 4. The zero-order chi connectivity index (χ0) is 19.6. The Labute approximate surface area is 164 Å². The third-order valence-corrected chi connectivity index (χ3v) is 5.85. The summed E-state index contributed by atoms with van der Waals surface area (Å²) in [5.41, 5.74) is 2.74. The van der Waals surface area contributed by atoms with E-state index in [4.69, 9.17) is 21.1 Å². The summed E-state index contributed by atoms with van der Waals surface area (Å²) in [6.45, 7) is -0.452. The molecule has 0 radical (unpaired) electrons. The van der Waals surface area contributed by atoms with Gasteiger partial charge in [-0.05, 0) is 48.9 Å². The Morgan fingerprint density at radius 3 is 2.48 bits per heavy atom. The van der Waals surface area contributed by atoms with E-state index in [1.165, 1.54) is 5.57 Å². The van der Waals surface area contributed by atoms with Gasteiger partial charge in [-0.2, -0.15) is 0 Å². The predicted molar refractivity (Wildman–Crippen MR) is 101 cm³/mol. The lowest BCUT2D eigenvalue weighted by molar-refractivity contribution is -0.231. The average Bonchev–Trinajstić information content (AvgIpc) is 2.69. The molecular formula is C20H27ClO6. The van der Waals surface area contributed by atoms with Crippen LogP contribution in [0.4, 0.5) is 0 Å². The minimum atomic E-state index is -1.40. The van der Waals surface area contributed by atoms with Crippen LogP contribution in [0.3, 0.4) is 0 Å². The molecule has 6 nitrogen and oxygen atoms in total. The van der Waals surface area contributed by atoms with Crippen molar-refractivity contribution in [2.45, 2.75) is 62.3 Å². The van der Waals surface area contributed by atoms with E-state index in [-0.39, 0.29) is 0 Å². The molecule has 0 unspecified atom stereocenters. The van der Waals surface area contributed by atoms with Gasteiger partial charge in [0.2, 0.25) is 0 Å². The molecule has 1 heterocycles. The molecule has 7 heteroatoms. The summed E-state index contributed by atoms with van der Waals surface area (Å²) in [5.74, 6) is 0. The van der Waals surface area contributed by atoms with Gasteiger partial charge in [0, 0.05) is 12.1 Å². The third-order valence-electron chi connectivity index (χ3n) is 5.51. The van der Waals surface area contributed by atoms with Crippen LogP contribution >= 0.6 is 11.6 Å². The Bertz CT molecular complexity index is 666. The van der Waals surface area contributed by atoms with Crippen LogP contribution < -0.4 is 0 Å². The lowest BCUT2D eigenvalue weighted by atomic mass is 9.89. The minimum Gasteiger partial charge on any atom is -0.394 e. The van der Waals surface area contributed by atoms with Crippen molar-refractivity contribution >= 4 is 17.7 Å². The Hall–Kier alpha value is -0.990. The molecule has 1 aromatic carbocycles. The van der Waals surface area contributed by atoms with Crippen LogP contribution in [0.15, 0.2) is 23.8 Å². The molecule has 1 aliphatic heterocycles. The number of allylic oxidation sites excluding steroid dienone is 1. The number of ether oxygens (including phenoxy) is 2. The average molecular weight is 399 g/mol. The first-order chi connectivity index (χ1) is 12.9. The lowest BCUT2D eigenvalue weighted by Crippen LogP contribution is -2.55. The van der Waals surface area contributed by atoms with Crippen molar-refractivity contribution in [2.24, 2.45) is 0 Å². The zero-order valence-corrected chi connectivity index (χ0v) is 16.0. The van der Waals surface area contributed by atoms with Crippen LogP contribution in [0.2, 0.25) is 5.02 Å². The van der Waals surface area contributed by atoms with Crippen molar-refractivity contribution < 1.29 is 29.9 Å². The third kappa shape index (κ3) is 4.54. The molecule has 1 saturated carbocycles. The molecule has 4 N–H and O–H groups in total. The van der Waals surface area contributed by atoms with E-state index >= 15 is 0 Å². The maximum absolute atomic E-state index is 10.3. The molecule has 0 spiro atoms. The molecule has 2 aliphatic rings. The summed E-state index contributed by atoms with van der Waals surface area (Å²) in [6.07, 6.45) is 0.335. The first kappa shape index (κ1) is 20.7. The molecule has 1 aromatic rings. The van der Waals surface area contributed by atoms with E-state index in [0.717, 1.165) is 31.2 Å². The number of halogens is 1. The molecule has 0 amide bonds. The number of aliphatic hydroxyl groups excluding tert-OH is 4. The smallest absolute Gasteiger partial charge is 0.113 e. The molecule has 0 aromatic heterocycles. The highest BCUT2D eigenvalue weighted by molar-refractivity contribution is 6.32. The first-order valence-corrected chi connectivity index (χ1v) is 9.64.